The predicted octanol–water partition coefficient (Wildman–Crippen LogP) is 2.65. The van der Waals surface area contributed by atoms with Crippen LogP contribution in [0.4, 0.5) is 9.93 Å². The predicted molar refractivity (Wildman–Crippen MR) is 77.8 cm³/mol. The van der Waals surface area contributed by atoms with Gasteiger partial charge in [-0.1, -0.05) is 6.92 Å². The fourth-order valence-electron chi connectivity index (χ4n) is 2.65. The summed E-state index contributed by atoms with van der Waals surface area (Å²) in [6.07, 6.45) is 2.97. The molecule has 1 aliphatic heterocycles. The first-order valence-corrected chi connectivity index (χ1v) is 7.49. The van der Waals surface area contributed by atoms with Crippen molar-refractivity contribution in [2.24, 2.45) is 0 Å². The van der Waals surface area contributed by atoms with Gasteiger partial charge in [-0.15, -0.1) is 0 Å². The molecule has 1 unspecified atom stereocenters. The topological polar surface area (TPSA) is 63.1 Å². The number of urea groups is 1. The lowest BCUT2D eigenvalue weighted by atomic mass is 10.1. The van der Waals surface area contributed by atoms with Gasteiger partial charge in [0.05, 0.1) is 6.04 Å². The average molecular weight is 291 g/mol. The van der Waals surface area contributed by atoms with Crippen molar-refractivity contribution in [1.82, 2.24) is 18.8 Å². The smallest absolute Gasteiger partial charge is 0.324 e. The lowest BCUT2D eigenvalue weighted by molar-refractivity contribution is 0.166. The molecule has 3 heterocycles. The van der Waals surface area contributed by atoms with E-state index in [1.807, 2.05) is 17.9 Å². The minimum atomic E-state index is -0.0968. The molecule has 2 aromatic heterocycles. The maximum absolute atomic E-state index is 12.4. The molecule has 1 atom stereocenters. The number of carbonyl (C=O) groups is 1. The van der Waals surface area contributed by atoms with Gasteiger partial charge >= 0.3 is 6.03 Å². The Morgan fingerprint density at radius 1 is 1.55 bits per heavy atom. The van der Waals surface area contributed by atoms with Crippen molar-refractivity contribution in [3.8, 4) is 0 Å². The number of hydrogen-bond acceptors (Lipinski definition) is 4. The molecule has 0 saturated carbocycles. The number of hydrogen-bond donors (Lipinski definition) is 1. The number of amides is 2. The van der Waals surface area contributed by atoms with Crippen molar-refractivity contribution < 1.29 is 4.79 Å². The van der Waals surface area contributed by atoms with Crippen LogP contribution in [0, 0.1) is 6.92 Å². The van der Waals surface area contributed by atoms with Gasteiger partial charge in [0.1, 0.15) is 5.82 Å². The van der Waals surface area contributed by atoms with E-state index in [9.17, 15) is 4.79 Å². The van der Waals surface area contributed by atoms with Crippen LogP contribution in [0.5, 0.6) is 0 Å². The van der Waals surface area contributed by atoms with E-state index in [4.69, 9.17) is 0 Å². The summed E-state index contributed by atoms with van der Waals surface area (Å²) in [7, 11) is 0. The molecule has 2 amide bonds. The second-order valence-electron chi connectivity index (χ2n) is 4.82. The Balaban J connectivity index is 1.78. The lowest BCUT2D eigenvalue weighted by Crippen LogP contribution is -2.43. The van der Waals surface area contributed by atoms with Gasteiger partial charge in [0.25, 0.3) is 0 Å². The second kappa shape index (κ2) is 5.24. The molecule has 3 rings (SSSR count). The summed E-state index contributed by atoms with van der Waals surface area (Å²) in [5.74, 6) is 0.685. The molecule has 1 N–H and O–H groups in total. The highest BCUT2D eigenvalue weighted by Gasteiger charge is 2.29. The third-order valence-electron chi connectivity index (χ3n) is 3.55. The van der Waals surface area contributed by atoms with Gasteiger partial charge < -0.3 is 9.47 Å². The van der Waals surface area contributed by atoms with E-state index >= 15 is 0 Å². The highest BCUT2D eigenvalue weighted by Crippen LogP contribution is 2.29. The Morgan fingerprint density at radius 3 is 3.10 bits per heavy atom. The molecular weight excluding hydrogens is 274 g/mol. The summed E-state index contributed by atoms with van der Waals surface area (Å²) < 4.78 is 6.29. The number of carbonyl (C=O) groups excluding carboxylic acids is 1. The number of anilines is 1. The zero-order valence-corrected chi connectivity index (χ0v) is 12.4. The van der Waals surface area contributed by atoms with Crippen molar-refractivity contribution in [3.63, 3.8) is 0 Å². The van der Waals surface area contributed by atoms with Crippen LogP contribution in [-0.4, -0.2) is 31.4 Å². The van der Waals surface area contributed by atoms with Gasteiger partial charge in [0.15, 0.2) is 0 Å². The Labute approximate surface area is 121 Å². The van der Waals surface area contributed by atoms with Gasteiger partial charge in [-0.2, -0.15) is 4.37 Å². The van der Waals surface area contributed by atoms with E-state index in [-0.39, 0.29) is 12.1 Å². The van der Waals surface area contributed by atoms with E-state index in [1.165, 1.54) is 17.2 Å². The quantitative estimate of drug-likeness (QED) is 0.925. The Morgan fingerprint density at radius 2 is 2.40 bits per heavy atom. The fraction of sp³-hybridized carbons (Fsp3) is 0.462. The standard InChI is InChI=1S/C13H17N5OS/c1-3-10-11-5-4-6-17(11)7-8-18(10)13(19)15-12-14-9(2)16-20-12/h4-6,10H,3,7-8H2,1-2H3,(H,14,15,16,19). The number of nitrogens with one attached hydrogen (secondary N) is 1. The van der Waals surface area contributed by atoms with Gasteiger partial charge in [-0.25, -0.2) is 9.78 Å². The highest BCUT2D eigenvalue weighted by atomic mass is 32.1. The van der Waals surface area contributed by atoms with Crippen molar-refractivity contribution >= 4 is 22.7 Å². The normalized spacial score (nSPS) is 17.9. The maximum Gasteiger partial charge on any atom is 0.324 e. The molecule has 0 fully saturated rings. The summed E-state index contributed by atoms with van der Waals surface area (Å²) in [6, 6.07) is 4.14. The van der Waals surface area contributed by atoms with Crippen LogP contribution < -0.4 is 5.32 Å². The summed E-state index contributed by atoms with van der Waals surface area (Å²) in [5, 5.41) is 3.40. The van der Waals surface area contributed by atoms with Crippen LogP contribution in [0.3, 0.4) is 0 Å². The minimum absolute atomic E-state index is 0.0968. The van der Waals surface area contributed by atoms with Crippen LogP contribution in [0.15, 0.2) is 18.3 Å². The summed E-state index contributed by atoms with van der Waals surface area (Å²) in [6.45, 7) is 5.46. The van der Waals surface area contributed by atoms with E-state index < -0.39 is 0 Å². The monoisotopic (exact) mass is 291 g/mol. The Hall–Kier alpha value is -1.89. The zero-order chi connectivity index (χ0) is 14.1. The van der Waals surface area contributed by atoms with Gasteiger partial charge in [0.2, 0.25) is 5.13 Å². The van der Waals surface area contributed by atoms with Crippen LogP contribution in [-0.2, 0) is 6.54 Å². The van der Waals surface area contributed by atoms with E-state index in [1.54, 1.807) is 0 Å². The number of rotatable bonds is 2. The molecule has 0 bridgehead atoms. The SMILES string of the molecule is CCC1c2cccn2CCN1C(=O)Nc1nc(C)ns1. The number of aryl methyl sites for hydroxylation is 1. The molecule has 0 saturated heterocycles. The number of fused-ring (bicyclic) bond motifs is 1. The largest absolute Gasteiger partial charge is 0.348 e. The number of nitrogens with zero attached hydrogens (tertiary/aromatic N) is 4. The Bertz CT molecular complexity index is 620. The van der Waals surface area contributed by atoms with Crippen molar-refractivity contribution in [1.29, 1.82) is 0 Å². The first-order valence-electron chi connectivity index (χ1n) is 6.72. The first kappa shape index (κ1) is 13.1. The number of aromatic nitrogens is 3. The molecule has 7 heteroatoms. The molecule has 0 spiro atoms. The average Bonchev–Trinajstić information content (AvgIpc) is 3.06. The molecule has 6 nitrogen and oxygen atoms in total. The van der Waals surface area contributed by atoms with Gasteiger partial charge in [-0.3, -0.25) is 5.32 Å². The maximum atomic E-state index is 12.4. The molecule has 0 radical (unpaired) electrons. The van der Waals surface area contributed by atoms with Crippen LogP contribution in [0.25, 0.3) is 0 Å². The molecule has 0 aliphatic carbocycles. The fourth-order valence-corrected chi connectivity index (χ4v) is 3.21. The molecule has 2 aromatic rings. The molecule has 106 valence electrons. The third kappa shape index (κ3) is 2.29. The van der Waals surface area contributed by atoms with Crippen LogP contribution in [0.2, 0.25) is 0 Å². The zero-order valence-electron chi connectivity index (χ0n) is 11.5. The van der Waals surface area contributed by atoms with Crippen molar-refractivity contribution in [3.05, 3.63) is 29.8 Å². The summed E-state index contributed by atoms with van der Waals surface area (Å²) in [4.78, 5) is 18.5. The molecular formula is C13H17N5OS. The van der Waals surface area contributed by atoms with E-state index in [2.05, 4.69) is 38.4 Å². The lowest BCUT2D eigenvalue weighted by Gasteiger charge is -2.36. The van der Waals surface area contributed by atoms with Crippen molar-refractivity contribution in [2.45, 2.75) is 32.9 Å². The summed E-state index contributed by atoms with van der Waals surface area (Å²) in [5.41, 5.74) is 1.20. The van der Waals surface area contributed by atoms with Crippen LogP contribution in [0.1, 0.15) is 30.9 Å². The minimum Gasteiger partial charge on any atom is -0.348 e. The van der Waals surface area contributed by atoms with Crippen LogP contribution >= 0.6 is 11.5 Å². The van der Waals surface area contributed by atoms with Crippen molar-refractivity contribution in [2.75, 3.05) is 11.9 Å². The third-order valence-corrected chi connectivity index (χ3v) is 4.27. The second-order valence-corrected chi connectivity index (χ2v) is 5.57. The molecule has 1 aliphatic rings. The Kier molecular flexibility index (Phi) is 3.43. The highest BCUT2D eigenvalue weighted by molar-refractivity contribution is 7.09. The van der Waals surface area contributed by atoms with Gasteiger partial charge in [0, 0.05) is 36.5 Å². The molecule has 0 aromatic carbocycles. The van der Waals surface area contributed by atoms with E-state index in [0.29, 0.717) is 17.5 Å². The van der Waals surface area contributed by atoms with Gasteiger partial charge in [-0.05, 0) is 25.5 Å². The first-order chi connectivity index (χ1) is 9.69. The summed E-state index contributed by atoms with van der Waals surface area (Å²) >= 11 is 1.21. The molecule has 20 heavy (non-hydrogen) atoms. The van der Waals surface area contributed by atoms with E-state index in [0.717, 1.165) is 13.0 Å².